The van der Waals surface area contributed by atoms with E-state index in [0.29, 0.717) is 0 Å². The maximum Gasteiger partial charge on any atom is 0.0555 e. The fourth-order valence-corrected chi connectivity index (χ4v) is 17.6. The molecule has 0 aliphatic rings. The molecular weight excluding hydrogens is 1890 g/mol. The number of aromatic nitrogens is 2. The first-order valence-corrected chi connectivity index (χ1v) is 46.8. The van der Waals surface area contributed by atoms with Gasteiger partial charge in [-0.05, 0) is 273 Å². The van der Waals surface area contributed by atoms with Gasteiger partial charge >= 0.3 is 0 Å². The van der Waals surface area contributed by atoms with Gasteiger partial charge < -0.3 is 34.0 Å². The number of rotatable bonds is 27. The summed E-state index contributed by atoms with van der Waals surface area (Å²) in [5.41, 5.74) is 32.0. The Balaban J connectivity index is 0.000000138. The van der Waals surface area contributed by atoms with E-state index in [4.69, 9.17) is 0 Å². The van der Waals surface area contributed by atoms with Crippen molar-refractivity contribution in [2.75, 3.05) is 29.4 Å². The third-order valence-corrected chi connectivity index (χ3v) is 24.6. The fourth-order valence-electron chi connectivity index (χ4n) is 17.6. The molecule has 141 heavy (non-hydrogen) atoms. The zero-order valence-electron chi connectivity index (χ0n) is 78.6. The molecule has 0 amide bonds. The van der Waals surface area contributed by atoms with Gasteiger partial charge in [-0.25, -0.2) is 0 Å². The molecular formula is C132H105IrN8-. The van der Waals surface area contributed by atoms with Gasteiger partial charge in [0.2, 0.25) is 0 Å². The molecule has 0 saturated carbocycles. The molecule has 0 N–H and O–H groups in total. The van der Waals surface area contributed by atoms with Crippen LogP contribution in [0.15, 0.2) is 549 Å². The van der Waals surface area contributed by atoms with E-state index in [1.54, 1.807) is 6.20 Å². The summed E-state index contributed by atoms with van der Waals surface area (Å²) < 4.78 is 1.98. The summed E-state index contributed by atoms with van der Waals surface area (Å²) in [7, 11) is 1.98. The maximum atomic E-state index is 4.22. The average molecular weight is 2000 g/mol. The van der Waals surface area contributed by atoms with Crippen LogP contribution in [0.1, 0.15) is 33.4 Å². The Morgan fingerprint density at radius 1 is 0.220 bits per heavy atom. The van der Waals surface area contributed by atoms with E-state index in [-0.39, 0.29) is 20.1 Å². The smallest absolute Gasteiger partial charge is 0.0555 e. The molecule has 0 aliphatic heterocycles. The van der Waals surface area contributed by atoms with Crippen molar-refractivity contribution in [3.05, 3.63) is 589 Å². The zero-order chi connectivity index (χ0) is 95.7. The van der Waals surface area contributed by atoms with Crippen LogP contribution in [0.2, 0.25) is 0 Å². The van der Waals surface area contributed by atoms with E-state index < -0.39 is 0 Å². The molecule has 1 radical (unpaired) electrons. The van der Waals surface area contributed by atoms with Gasteiger partial charge in [0.25, 0.3) is 0 Å². The summed E-state index contributed by atoms with van der Waals surface area (Å²) in [4.78, 5) is 18.0. The van der Waals surface area contributed by atoms with Gasteiger partial charge in [-0.15, -0.1) is 35.9 Å². The number of aryl methyl sites for hydroxylation is 1. The van der Waals surface area contributed by atoms with Crippen molar-refractivity contribution in [2.45, 2.75) is 0 Å². The molecule has 8 nitrogen and oxygen atoms in total. The normalized spacial score (nSPS) is 10.6. The van der Waals surface area contributed by atoms with Crippen molar-refractivity contribution in [2.24, 2.45) is 7.05 Å². The van der Waals surface area contributed by atoms with Crippen molar-refractivity contribution >= 4 is 160 Å². The second kappa shape index (κ2) is 46.0. The topological polar surface area (TPSA) is 37.3 Å². The predicted molar refractivity (Wildman–Crippen MR) is 601 cm³/mol. The molecule has 9 heteroatoms. The predicted octanol–water partition coefficient (Wildman–Crippen LogP) is 37.3. The molecule has 0 bridgehead atoms. The van der Waals surface area contributed by atoms with Crippen LogP contribution in [0.5, 0.6) is 0 Å². The third-order valence-electron chi connectivity index (χ3n) is 24.6. The van der Waals surface area contributed by atoms with Gasteiger partial charge in [0.05, 0.1) is 17.2 Å². The summed E-state index contributed by atoms with van der Waals surface area (Å²) >= 11 is 0. The molecule has 21 rings (SSSR count). The Hall–Kier alpha value is -18.0. The number of nitrogens with zero attached hydrogens (tertiary/aromatic N) is 8. The van der Waals surface area contributed by atoms with Crippen molar-refractivity contribution < 1.29 is 20.1 Å². The van der Waals surface area contributed by atoms with Crippen LogP contribution in [0.25, 0.3) is 91.6 Å². The van der Waals surface area contributed by atoms with Crippen LogP contribution in [0.3, 0.4) is 0 Å². The molecule has 0 fully saturated rings. The second-order valence-corrected chi connectivity index (χ2v) is 33.5. The number of hydrogen-bond donors (Lipinski definition) is 0. The number of fused-ring (bicyclic) bond motifs is 2. The molecule has 0 aliphatic carbocycles. The molecule has 0 unspecified atom stereocenters. The van der Waals surface area contributed by atoms with Crippen LogP contribution >= 0.6 is 0 Å². The minimum atomic E-state index is 0. The number of para-hydroxylation sites is 4. The van der Waals surface area contributed by atoms with Gasteiger partial charge in [0.15, 0.2) is 0 Å². The van der Waals surface area contributed by atoms with Crippen LogP contribution in [0.4, 0.5) is 102 Å². The van der Waals surface area contributed by atoms with Crippen molar-refractivity contribution in [3.8, 4) is 33.6 Å². The summed E-state index contributed by atoms with van der Waals surface area (Å²) in [5, 5.41) is 4.82. The van der Waals surface area contributed by atoms with Gasteiger partial charge in [0, 0.05) is 141 Å². The van der Waals surface area contributed by atoms with Gasteiger partial charge in [0.1, 0.15) is 0 Å². The Morgan fingerprint density at radius 2 is 0.454 bits per heavy atom. The molecule has 0 saturated heterocycles. The third kappa shape index (κ3) is 22.4. The van der Waals surface area contributed by atoms with E-state index in [2.05, 4.69) is 529 Å². The van der Waals surface area contributed by atoms with Crippen molar-refractivity contribution in [1.29, 1.82) is 0 Å². The van der Waals surface area contributed by atoms with Crippen LogP contribution < -0.4 is 29.4 Å². The number of benzene rings is 20. The second-order valence-electron chi connectivity index (χ2n) is 33.5. The van der Waals surface area contributed by atoms with Gasteiger partial charge in [-0.1, -0.05) is 343 Å². The fraction of sp³-hybridized carbons (Fsp3) is 0.00758. The first-order valence-electron chi connectivity index (χ1n) is 46.8. The largest absolute Gasteiger partial charge is 0.373 e. The van der Waals surface area contributed by atoms with Gasteiger partial charge in [-0.3, -0.25) is 4.98 Å². The summed E-state index contributed by atoms with van der Waals surface area (Å²) in [6.45, 7) is 23.7. The molecule has 1 aromatic heterocycles. The van der Waals surface area contributed by atoms with Crippen LogP contribution in [0, 0.1) is 6.07 Å². The van der Waals surface area contributed by atoms with Crippen molar-refractivity contribution in [3.63, 3.8) is 0 Å². The van der Waals surface area contributed by atoms with E-state index in [9.17, 15) is 0 Å². The summed E-state index contributed by atoms with van der Waals surface area (Å²) in [6, 6.07) is 178. The SMILES string of the molecule is C=Cc1ccc(N(c2ccccc2)c2ccc(N(c3ccccc3)c3ccc(C=C)cc3)cc2)cc1.C=Cc1cccc(N(c2ccc(-c3ccc(N(c4cccc(C=C)c4)c4cccc5ccccc45)cc3)cc2)c2cccc3ccccc23)c1.C=Cc1cccc(N(c2ccccc2)c2ccc(-c3ccc(N(c4ccccc4)c4cccc(C=C)c4)cc3)cc2)c1.Cn1ccnc1-c1[c-]cccc1.[Ir]. The molecule has 21 aromatic rings. The summed E-state index contributed by atoms with van der Waals surface area (Å²) in [5.74, 6) is 0.954. The van der Waals surface area contributed by atoms with Crippen LogP contribution in [-0.2, 0) is 27.2 Å². The molecule has 1 heterocycles. The van der Waals surface area contributed by atoms with E-state index in [0.717, 1.165) is 169 Å². The minimum absolute atomic E-state index is 0. The molecule has 20 aromatic carbocycles. The summed E-state index contributed by atoms with van der Waals surface area (Å²) in [6.07, 6.45) is 15.0. The minimum Gasteiger partial charge on any atom is -0.373 e. The van der Waals surface area contributed by atoms with E-state index in [1.807, 2.05) is 103 Å². The molecule has 0 spiro atoms. The first-order chi connectivity index (χ1) is 69.1. The Bertz CT molecular complexity index is 7330. The van der Waals surface area contributed by atoms with E-state index in [1.165, 1.54) is 21.5 Å². The maximum absolute atomic E-state index is 4.22. The van der Waals surface area contributed by atoms with Crippen LogP contribution in [-0.4, -0.2) is 9.55 Å². The monoisotopic (exact) mass is 1990 g/mol. The molecule has 683 valence electrons. The average Bonchev–Trinajstić information content (AvgIpc) is 0.924. The Morgan fingerprint density at radius 3 is 0.738 bits per heavy atom. The van der Waals surface area contributed by atoms with Crippen molar-refractivity contribution in [1.82, 2.24) is 9.55 Å². The number of anilines is 18. The Labute approximate surface area is 842 Å². The van der Waals surface area contributed by atoms with E-state index >= 15 is 0 Å². The standard InChI is InChI=1S/C48H36N2.C40H32N2.C34H28N2.C10H9N2.Ir/c1-3-35-13-9-19-43(33-35)49(47-23-11-17-39-15-5-7-21-45(39)47)41-29-25-37(26-30-41)38-27-31-42(32-28-38)50(44-20-10-14-36(4-2)34-44)48-24-12-18-40-16-6-8-22-46(40)48;1-3-31-13-11-19-39(29-31)41(35-15-7-5-8-16-35)37-25-21-33(22-26-37)34-23-27-38(28-24-34)42(36-17-9-6-10-18-36)40-20-12-14-32(4-2)30-40;1-3-27-15-19-31(20-16-27)35(29-11-7-5-8-12-29)33-23-25-34(26-24-33)36(30-13-9-6-10-14-30)32-21-17-28(4-2)18-22-32;1-12-8-7-11-10(12)9-5-3-2-4-6-9;/h3-34H,1-2H2;3-30H,1-2H2;3-26H,1-2H2;2-5,7-8H,1H3;/q;;;-1;. The first kappa shape index (κ1) is 94.8. The zero-order valence-corrected chi connectivity index (χ0v) is 81.0. The molecule has 0 atom stereocenters. The number of imidazole rings is 1. The van der Waals surface area contributed by atoms with Gasteiger partial charge in [-0.2, -0.15) is 0 Å². The quantitative estimate of drug-likeness (QED) is 0.0475. The Kier molecular flexibility index (Phi) is 30.9. The number of hydrogen-bond acceptors (Lipinski definition) is 7.